The highest BCUT2D eigenvalue weighted by atomic mass is 16.5. The number of hydrogen-bond acceptors (Lipinski definition) is 3. The van der Waals surface area contributed by atoms with E-state index >= 15 is 0 Å². The summed E-state index contributed by atoms with van der Waals surface area (Å²) in [5.41, 5.74) is 1.14. The lowest BCUT2D eigenvalue weighted by Crippen LogP contribution is -2.42. The highest BCUT2D eigenvalue weighted by Gasteiger charge is 2.33. The minimum Gasteiger partial charge on any atom is -0.497 e. The van der Waals surface area contributed by atoms with E-state index in [-0.39, 0.29) is 12.1 Å². The van der Waals surface area contributed by atoms with E-state index in [1.807, 2.05) is 24.3 Å². The molecule has 2 fully saturated rings. The molecule has 2 atom stereocenters. The number of carbonyl (C=O) groups excluding carboxylic acids is 1. The largest absolute Gasteiger partial charge is 0.497 e. The molecule has 0 unspecified atom stereocenters. The van der Waals surface area contributed by atoms with E-state index in [1.165, 1.54) is 12.8 Å². The molecule has 2 N–H and O–H groups in total. The second-order valence-corrected chi connectivity index (χ2v) is 6.53. The Morgan fingerprint density at radius 3 is 2.70 bits per heavy atom. The Morgan fingerprint density at radius 2 is 2.09 bits per heavy atom. The highest BCUT2D eigenvalue weighted by Crippen LogP contribution is 2.41. The number of methoxy groups -OCH3 is 1. The van der Waals surface area contributed by atoms with Gasteiger partial charge in [-0.05, 0) is 55.2 Å². The van der Waals surface area contributed by atoms with Crippen LogP contribution < -0.4 is 15.4 Å². The van der Waals surface area contributed by atoms with Crippen LogP contribution in [0.15, 0.2) is 24.3 Å². The summed E-state index contributed by atoms with van der Waals surface area (Å²) >= 11 is 0. The molecule has 1 saturated carbocycles. The molecule has 23 heavy (non-hydrogen) atoms. The van der Waals surface area contributed by atoms with Crippen LogP contribution in [0.3, 0.4) is 0 Å². The summed E-state index contributed by atoms with van der Waals surface area (Å²) < 4.78 is 10.7. The van der Waals surface area contributed by atoms with Gasteiger partial charge in [-0.25, -0.2) is 4.79 Å². The summed E-state index contributed by atoms with van der Waals surface area (Å²) in [5.74, 6) is 1.83. The molecule has 1 aliphatic heterocycles. The lowest BCUT2D eigenvalue weighted by atomic mass is 10.0. The molecule has 0 spiro atoms. The van der Waals surface area contributed by atoms with Gasteiger partial charge in [-0.15, -0.1) is 0 Å². The van der Waals surface area contributed by atoms with Gasteiger partial charge in [0.05, 0.1) is 19.8 Å². The Bertz CT molecular complexity index is 508. The molecular formula is C18H26N2O3. The van der Waals surface area contributed by atoms with Gasteiger partial charge in [0.15, 0.2) is 0 Å². The minimum atomic E-state index is -0.0803. The van der Waals surface area contributed by atoms with Crippen LogP contribution in [0.2, 0.25) is 0 Å². The number of urea groups is 1. The van der Waals surface area contributed by atoms with Gasteiger partial charge in [0.1, 0.15) is 5.75 Å². The zero-order chi connectivity index (χ0) is 16.1. The van der Waals surface area contributed by atoms with Gasteiger partial charge in [0.25, 0.3) is 0 Å². The van der Waals surface area contributed by atoms with Crippen molar-refractivity contribution >= 4 is 6.03 Å². The van der Waals surface area contributed by atoms with Crippen molar-refractivity contribution in [2.45, 2.75) is 31.7 Å². The normalized spacial score (nSPS) is 22.2. The zero-order valence-corrected chi connectivity index (χ0v) is 13.7. The van der Waals surface area contributed by atoms with Crippen LogP contribution in [0.1, 0.15) is 37.3 Å². The van der Waals surface area contributed by atoms with Crippen LogP contribution in [-0.2, 0) is 4.74 Å². The zero-order valence-electron chi connectivity index (χ0n) is 13.7. The average molecular weight is 318 g/mol. The maximum absolute atomic E-state index is 12.2. The Morgan fingerprint density at radius 1 is 1.30 bits per heavy atom. The summed E-state index contributed by atoms with van der Waals surface area (Å²) in [4.78, 5) is 12.2. The maximum Gasteiger partial charge on any atom is 0.315 e. The van der Waals surface area contributed by atoms with Crippen molar-refractivity contribution < 1.29 is 14.3 Å². The van der Waals surface area contributed by atoms with Crippen molar-refractivity contribution in [1.82, 2.24) is 10.6 Å². The highest BCUT2D eigenvalue weighted by molar-refractivity contribution is 5.74. The van der Waals surface area contributed by atoms with Crippen LogP contribution in [-0.4, -0.2) is 32.9 Å². The molecular weight excluding hydrogens is 292 g/mol. The third kappa shape index (κ3) is 4.61. The van der Waals surface area contributed by atoms with Gasteiger partial charge >= 0.3 is 6.03 Å². The van der Waals surface area contributed by atoms with Crippen molar-refractivity contribution in [2.24, 2.45) is 11.8 Å². The summed E-state index contributed by atoms with van der Waals surface area (Å²) in [5, 5.41) is 6.14. The molecule has 0 aromatic heterocycles. The summed E-state index contributed by atoms with van der Waals surface area (Å²) in [6.45, 7) is 2.29. The van der Waals surface area contributed by atoms with Gasteiger partial charge in [0.2, 0.25) is 0 Å². The maximum atomic E-state index is 12.2. The third-order valence-corrected chi connectivity index (χ3v) is 4.66. The van der Waals surface area contributed by atoms with E-state index in [9.17, 15) is 4.79 Å². The standard InChI is InChI=1S/C18H26N2O3/c1-22-16-8-6-15(7-9-16)17(14-4-5-14)20-18(21)19-11-13-3-2-10-23-12-13/h6-9,13-14,17H,2-5,10-12H2,1H3,(H2,19,20,21)/t13-,17+/m1/s1. The molecule has 1 aromatic rings. The van der Waals surface area contributed by atoms with Crippen LogP contribution in [0.5, 0.6) is 5.75 Å². The molecule has 0 radical (unpaired) electrons. The number of nitrogens with one attached hydrogen (secondary N) is 2. The SMILES string of the molecule is COc1ccc([C@@H](NC(=O)NC[C@H]2CCCOC2)C2CC2)cc1. The number of carbonyl (C=O) groups is 1. The first-order valence-corrected chi connectivity index (χ1v) is 8.52. The fourth-order valence-corrected chi connectivity index (χ4v) is 3.11. The van der Waals surface area contributed by atoms with Crippen molar-refractivity contribution in [3.63, 3.8) is 0 Å². The van der Waals surface area contributed by atoms with E-state index in [1.54, 1.807) is 7.11 Å². The first-order chi connectivity index (χ1) is 11.3. The van der Waals surface area contributed by atoms with Crippen molar-refractivity contribution in [2.75, 3.05) is 26.9 Å². The molecule has 3 rings (SSSR count). The van der Waals surface area contributed by atoms with Crippen molar-refractivity contribution in [3.8, 4) is 5.75 Å². The lowest BCUT2D eigenvalue weighted by Gasteiger charge is -2.24. The van der Waals surface area contributed by atoms with Gasteiger partial charge < -0.3 is 20.1 Å². The Labute approximate surface area is 137 Å². The fourth-order valence-electron chi connectivity index (χ4n) is 3.11. The van der Waals surface area contributed by atoms with Crippen LogP contribution >= 0.6 is 0 Å². The first kappa shape index (κ1) is 16.1. The molecule has 2 amide bonds. The van der Waals surface area contributed by atoms with Gasteiger partial charge in [-0.1, -0.05) is 12.1 Å². The first-order valence-electron chi connectivity index (χ1n) is 8.52. The Hall–Kier alpha value is -1.75. The predicted octanol–water partition coefficient (Wildman–Crippen LogP) is 2.87. The second-order valence-electron chi connectivity index (χ2n) is 6.53. The van der Waals surface area contributed by atoms with Gasteiger partial charge in [0, 0.05) is 13.2 Å². The molecule has 1 heterocycles. The van der Waals surface area contributed by atoms with Crippen LogP contribution in [0.4, 0.5) is 4.79 Å². The summed E-state index contributed by atoms with van der Waals surface area (Å²) in [6, 6.07) is 7.98. The predicted molar refractivity (Wildman–Crippen MR) is 88.5 cm³/mol. The summed E-state index contributed by atoms with van der Waals surface area (Å²) in [7, 11) is 1.66. The Kier molecular flexibility index (Phi) is 5.39. The topological polar surface area (TPSA) is 59.6 Å². The smallest absolute Gasteiger partial charge is 0.315 e. The average Bonchev–Trinajstić information content (AvgIpc) is 3.44. The lowest BCUT2D eigenvalue weighted by molar-refractivity contribution is 0.0557. The monoisotopic (exact) mass is 318 g/mol. The number of hydrogen-bond donors (Lipinski definition) is 2. The molecule has 5 nitrogen and oxygen atoms in total. The fraction of sp³-hybridized carbons (Fsp3) is 0.611. The third-order valence-electron chi connectivity index (χ3n) is 4.66. The van der Waals surface area contributed by atoms with E-state index in [4.69, 9.17) is 9.47 Å². The number of benzene rings is 1. The molecule has 1 aliphatic carbocycles. The number of rotatable bonds is 6. The van der Waals surface area contributed by atoms with Crippen molar-refractivity contribution in [3.05, 3.63) is 29.8 Å². The second kappa shape index (κ2) is 7.68. The van der Waals surface area contributed by atoms with E-state index < -0.39 is 0 Å². The molecule has 1 saturated heterocycles. The van der Waals surface area contributed by atoms with Crippen LogP contribution in [0, 0.1) is 11.8 Å². The molecule has 5 heteroatoms. The Balaban J connectivity index is 1.52. The van der Waals surface area contributed by atoms with E-state index in [2.05, 4.69) is 10.6 Å². The number of ether oxygens (including phenoxy) is 2. The molecule has 0 bridgehead atoms. The molecule has 1 aromatic carbocycles. The summed E-state index contributed by atoms with van der Waals surface area (Å²) in [6.07, 6.45) is 4.57. The van der Waals surface area contributed by atoms with Crippen LogP contribution in [0.25, 0.3) is 0 Å². The van der Waals surface area contributed by atoms with Gasteiger partial charge in [-0.3, -0.25) is 0 Å². The van der Waals surface area contributed by atoms with Gasteiger partial charge in [-0.2, -0.15) is 0 Å². The quantitative estimate of drug-likeness (QED) is 0.848. The number of amides is 2. The molecule has 2 aliphatic rings. The van der Waals surface area contributed by atoms with E-state index in [0.29, 0.717) is 18.4 Å². The van der Waals surface area contributed by atoms with Crippen molar-refractivity contribution in [1.29, 1.82) is 0 Å². The molecule has 126 valence electrons. The minimum absolute atomic E-state index is 0.0803. The van der Waals surface area contributed by atoms with E-state index in [0.717, 1.165) is 37.4 Å².